The highest BCUT2D eigenvalue weighted by atomic mass is 16.2. The van der Waals surface area contributed by atoms with E-state index in [4.69, 9.17) is 0 Å². The minimum absolute atomic E-state index is 0.111. The summed E-state index contributed by atoms with van der Waals surface area (Å²) in [4.78, 5) is 13.1. The lowest BCUT2D eigenvalue weighted by molar-refractivity contribution is -0.130. The van der Waals surface area contributed by atoms with Gasteiger partial charge in [0.05, 0.1) is 12.6 Å². The van der Waals surface area contributed by atoms with Crippen LogP contribution in [0.15, 0.2) is 0 Å². The number of carbonyl (C=O) groups is 1. The number of aromatic nitrogens is 3. The summed E-state index contributed by atoms with van der Waals surface area (Å²) < 4.78 is 2.17. The van der Waals surface area contributed by atoms with Gasteiger partial charge in [-0.25, -0.2) is 0 Å². The van der Waals surface area contributed by atoms with Gasteiger partial charge in [-0.15, -0.1) is 10.2 Å². The Hall–Kier alpha value is -1.43. The highest BCUT2D eigenvalue weighted by molar-refractivity contribution is 5.73. The average molecular weight is 235 g/mol. The quantitative estimate of drug-likeness (QED) is 0.748. The number of amides is 1. The van der Waals surface area contributed by atoms with Crippen molar-refractivity contribution in [3.63, 3.8) is 0 Å². The number of nitrogens with one attached hydrogen (secondary N) is 1. The zero-order valence-corrected chi connectivity index (χ0v) is 10.0. The maximum absolute atomic E-state index is 11.3. The second kappa shape index (κ2) is 4.10. The molecule has 92 valence electrons. The Labute approximate surface area is 100 Å². The summed E-state index contributed by atoms with van der Waals surface area (Å²) in [6.07, 6.45) is 2.33. The molecule has 1 atom stereocenters. The molecule has 1 saturated heterocycles. The van der Waals surface area contributed by atoms with E-state index in [1.165, 1.54) is 6.42 Å². The molecule has 17 heavy (non-hydrogen) atoms. The van der Waals surface area contributed by atoms with Crippen LogP contribution in [-0.4, -0.2) is 38.7 Å². The first-order valence-corrected chi connectivity index (χ1v) is 6.16. The largest absolute Gasteiger partial charge is 0.334 e. The first kappa shape index (κ1) is 10.7. The minimum atomic E-state index is 0.111. The fourth-order valence-electron chi connectivity index (χ4n) is 2.61. The van der Waals surface area contributed by atoms with E-state index in [-0.39, 0.29) is 5.91 Å². The molecule has 1 N–H and O–H groups in total. The standard InChI is InChI=1S/C11H17N5O/c1-8(17)15-5-6-16-10(7-15)13-14-11(16)9-3-2-4-12-9/h9,12H,2-7H2,1H3/t9-/m1/s1. The number of fused-ring (bicyclic) bond motifs is 1. The molecule has 1 aromatic heterocycles. The van der Waals surface area contributed by atoms with Crippen LogP contribution in [0.25, 0.3) is 0 Å². The third-order valence-electron chi connectivity index (χ3n) is 3.60. The maximum Gasteiger partial charge on any atom is 0.219 e. The van der Waals surface area contributed by atoms with Gasteiger partial charge in [0.2, 0.25) is 5.91 Å². The summed E-state index contributed by atoms with van der Waals surface area (Å²) in [5, 5.41) is 11.9. The van der Waals surface area contributed by atoms with Crippen LogP contribution in [0.4, 0.5) is 0 Å². The second-order valence-electron chi connectivity index (χ2n) is 4.72. The summed E-state index contributed by atoms with van der Waals surface area (Å²) in [7, 11) is 0. The van der Waals surface area contributed by atoms with Gasteiger partial charge in [0.15, 0.2) is 5.82 Å². The van der Waals surface area contributed by atoms with E-state index in [0.717, 1.165) is 37.7 Å². The molecule has 0 spiro atoms. The van der Waals surface area contributed by atoms with Crippen molar-refractivity contribution in [2.45, 2.75) is 38.9 Å². The van der Waals surface area contributed by atoms with Gasteiger partial charge in [-0.1, -0.05) is 0 Å². The lowest BCUT2D eigenvalue weighted by Gasteiger charge is -2.27. The molecule has 0 unspecified atom stereocenters. The van der Waals surface area contributed by atoms with Crippen LogP contribution >= 0.6 is 0 Å². The molecule has 0 saturated carbocycles. The van der Waals surface area contributed by atoms with Gasteiger partial charge in [0.25, 0.3) is 0 Å². The minimum Gasteiger partial charge on any atom is -0.334 e. The SMILES string of the molecule is CC(=O)N1CCn2c(nnc2[C@H]2CCCN2)C1. The highest BCUT2D eigenvalue weighted by Gasteiger charge is 2.27. The molecule has 1 fully saturated rings. The molecule has 2 aliphatic heterocycles. The Kier molecular flexibility index (Phi) is 2.58. The van der Waals surface area contributed by atoms with Gasteiger partial charge in [0, 0.05) is 20.0 Å². The number of hydrogen-bond acceptors (Lipinski definition) is 4. The topological polar surface area (TPSA) is 63.1 Å². The molecule has 0 aromatic carbocycles. The van der Waals surface area contributed by atoms with Crippen molar-refractivity contribution in [1.82, 2.24) is 25.0 Å². The fourth-order valence-corrected chi connectivity index (χ4v) is 2.61. The number of carbonyl (C=O) groups excluding carboxylic acids is 1. The number of nitrogens with zero attached hydrogens (tertiary/aromatic N) is 4. The van der Waals surface area contributed by atoms with E-state index in [0.29, 0.717) is 12.6 Å². The van der Waals surface area contributed by atoms with Crippen molar-refractivity contribution in [1.29, 1.82) is 0 Å². The Morgan fingerprint density at radius 1 is 1.41 bits per heavy atom. The van der Waals surface area contributed by atoms with Gasteiger partial charge in [-0.3, -0.25) is 4.79 Å². The van der Waals surface area contributed by atoms with Gasteiger partial charge in [0.1, 0.15) is 5.82 Å². The lowest BCUT2D eigenvalue weighted by atomic mass is 10.2. The zero-order valence-electron chi connectivity index (χ0n) is 10.0. The van der Waals surface area contributed by atoms with Gasteiger partial charge >= 0.3 is 0 Å². The number of hydrogen-bond donors (Lipinski definition) is 1. The smallest absolute Gasteiger partial charge is 0.219 e. The van der Waals surface area contributed by atoms with Crippen molar-refractivity contribution < 1.29 is 4.79 Å². The second-order valence-corrected chi connectivity index (χ2v) is 4.72. The van der Waals surface area contributed by atoms with Crippen molar-refractivity contribution in [3.8, 4) is 0 Å². The summed E-state index contributed by atoms with van der Waals surface area (Å²) >= 11 is 0. The molecule has 2 aliphatic rings. The molecule has 1 aromatic rings. The van der Waals surface area contributed by atoms with Crippen molar-refractivity contribution in [2.24, 2.45) is 0 Å². The average Bonchev–Trinajstić information content (AvgIpc) is 2.96. The molecule has 6 heteroatoms. The Bertz CT molecular complexity index is 435. The summed E-state index contributed by atoms with van der Waals surface area (Å²) in [6.45, 7) is 4.84. The van der Waals surface area contributed by atoms with Crippen LogP contribution in [-0.2, 0) is 17.9 Å². The monoisotopic (exact) mass is 235 g/mol. The molecule has 0 bridgehead atoms. The van der Waals surface area contributed by atoms with Gasteiger partial charge < -0.3 is 14.8 Å². The van der Waals surface area contributed by atoms with Crippen LogP contribution in [0.3, 0.4) is 0 Å². The molecule has 1 amide bonds. The Balaban J connectivity index is 1.84. The van der Waals surface area contributed by atoms with Crippen LogP contribution in [0.2, 0.25) is 0 Å². The van der Waals surface area contributed by atoms with Crippen LogP contribution in [0.1, 0.15) is 37.5 Å². The van der Waals surface area contributed by atoms with Crippen molar-refractivity contribution in [2.75, 3.05) is 13.1 Å². The molecular weight excluding hydrogens is 218 g/mol. The zero-order chi connectivity index (χ0) is 11.8. The van der Waals surface area contributed by atoms with E-state index in [1.54, 1.807) is 6.92 Å². The lowest BCUT2D eigenvalue weighted by Crippen LogP contribution is -2.37. The Morgan fingerprint density at radius 3 is 3.00 bits per heavy atom. The van der Waals surface area contributed by atoms with E-state index in [2.05, 4.69) is 20.1 Å². The summed E-state index contributed by atoms with van der Waals surface area (Å²) in [5.41, 5.74) is 0. The van der Waals surface area contributed by atoms with Crippen molar-refractivity contribution in [3.05, 3.63) is 11.6 Å². The predicted octanol–water partition coefficient (Wildman–Crippen LogP) is 0.0647. The van der Waals surface area contributed by atoms with E-state index in [1.807, 2.05) is 4.90 Å². The predicted molar refractivity (Wildman–Crippen MR) is 61.1 cm³/mol. The Morgan fingerprint density at radius 2 is 2.29 bits per heavy atom. The van der Waals surface area contributed by atoms with Crippen LogP contribution in [0.5, 0.6) is 0 Å². The third kappa shape index (κ3) is 1.82. The van der Waals surface area contributed by atoms with E-state index < -0.39 is 0 Å². The normalized spacial score (nSPS) is 23.8. The first-order valence-electron chi connectivity index (χ1n) is 6.16. The molecule has 3 rings (SSSR count). The van der Waals surface area contributed by atoms with Crippen LogP contribution < -0.4 is 5.32 Å². The van der Waals surface area contributed by atoms with Crippen LogP contribution in [0, 0.1) is 0 Å². The number of rotatable bonds is 1. The van der Waals surface area contributed by atoms with E-state index >= 15 is 0 Å². The summed E-state index contributed by atoms with van der Waals surface area (Å²) in [5.74, 6) is 2.07. The summed E-state index contributed by atoms with van der Waals surface area (Å²) in [6, 6.07) is 0.347. The molecule has 0 radical (unpaired) electrons. The molecule has 0 aliphatic carbocycles. The van der Waals surface area contributed by atoms with Gasteiger partial charge in [-0.2, -0.15) is 0 Å². The fraction of sp³-hybridized carbons (Fsp3) is 0.727. The third-order valence-corrected chi connectivity index (χ3v) is 3.60. The van der Waals surface area contributed by atoms with E-state index in [9.17, 15) is 4.79 Å². The first-order chi connectivity index (χ1) is 8.25. The van der Waals surface area contributed by atoms with Crippen molar-refractivity contribution >= 4 is 5.91 Å². The van der Waals surface area contributed by atoms with Gasteiger partial charge in [-0.05, 0) is 19.4 Å². The molecular formula is C11H17N5O. The highest BCUT2D eigenvalue weighted by Crippen LogP contribution is 2.23. The maximum atomic E-state index is 11.3. The molecule has 6 nitrogen and oxygen atoms in total. The molecule has 3 heterocycles.